The maximum absolute atomic E-state index is 11.9. The Hall–Kier alpha value is -1.04. The lowest BCUT2D eigenvalue weighted by atomic mass is 10.1. The van der Waals surface area contributed by atoms with Crippen molar-refractivity contribution in [2.45, 2.75) is 13.8 Å². The second-order valence-electron chi connectivity index (χ2n) is 3.73. The molecule has 19 heavy (non-hydrogen) atoms. The fourth-order valence-corrected chi connectivity index (χ4v) is 1.99. The summed E-state index contributed by atoms with van der Waals surface area (Å²) in [7, 11) is 0. The largest absolute Gasteiger partial charge is 0.478 e. The van der Waals surface area contributed by atoms with Crippen molar-refractivity contribution in [2.24, 2.45) is 0 Å². The highest BCUT2D eigenvalue weighted by Crippen LogP contribution is 2.35. The average Bonchev–Trinajstić information content (AvgIpc) is 2.37. The highest BCUT2D eigenvalue weighted by molar-refractivity contribution is 9.10. The van der Waals surface area contributed by atoms with Crippen molar-refractivity contribution in [3.05, 3.63) is 37.8 Å². The van der Waals surface area contributed by atoms with Crippen LogP contribution in [0.1, 0.15) is 13.8 Å². The number of halogens is 3. The maximum Gasteiger partial charge on any atom is 0.331 e. The smallest absolute Gasteiger partial charge is 0.331 e. The van der Waals surface area contributed by atoms with Gasteiger partial charge in [-0.2, -0.15) is 0 Å². The summed E-state index contributed by atoms with van der Waals surface area (Å²) in [6.45, 7) is 2.78. The van der Waals surface area contributed by atoms with Crippen LogP contribution in [0, 0.1) is 0 Å². The SMILES string of the molecule is C/C(C(=O)O)=C(/C)C(=O)Nc1ccc(Br)c(Cl)c1Cl. The molecule has 0 fully saturated rings. The fraction of sp³-hybridized carbons (Fsp3) is 0.167. The van der Waals surface area contributed by atoms with Crippen molar-refractivity contribution in [1.29, 1.82) is 0 Å². The van der Waals surface area contributed by atoms with Crippen molar-refractivity contribution < 1.29 is 14.7 Å². The molecule has 1 aromatic carbocycles. The van der Waals surface area contributed by atoms with E-state index < -0.39 is 11.9 Å². The lowest BCUT2D eigenvalue weighted by molar-refractivity contribution is -0.133. The Balaban J connectivity index is 3.05. The Morgan fingerprint density at radius 3 is 2.26 bits per heavy atom. The number of carboxylic acid groups (broad SMARTS) is 1. The number of nitrogens with one attached hydrogen (secondary N) is 1. The molecule has 102 valence electrons. The predicted octanol–water partition coefficient (Wildman–Crippen LogP) is 4.12. The standard InChI is InChI=1S/C12H10BrCl2NO3/c1-5(6(2)12(18)19)11(17)16-8-4-3-7(13)9(14)10(8)15/h3-4H,1-2H3,(H,16,17)(H,18,19)/b6-5+. The second-order valence-corrected chi connectivity index (χ2v) is 5.34. The average molecular weight is 367 g/mol. The monoisotopic (exact) mass is 365 g/mol. The van der Waals surface area contributed by atoms with Gasteiger partial charge >= 0.3 is 5.97 Å². The van der Waals surface area contributed by atoms with Gasteiger partial charge in [0.1, 0.15) is 0 Å². The van der Waals surface area contributed by atoms with E-state index in [1.165, 1.54) is 13.8 Å². The predicted molar refractivity (Wildman–Crippen MR) is 78.8 cm³/mol. The minimum atomic E-state index is -1.15. The lowest BCUT2D eigenvalue weighted by Gasteiger charge is -2.10. The first-order chi connectivity index (χ1) is 8.75. The molecule has 2 N–H and O–H groups in total. The van der Waals surface area contributed by atoms with Crippen LogP contribution in [0.5, 0.6) is 0 Å². The summed E-state index contributed by atoms with van der Waals surface area (Å²) in [6.07, 6.45) is 0. The van der Waals surface area contributed by atoms with E-state index in [2.05, 4.69) is 21.2 Å². The van der Waals surface area contributed by atoms with Crippen LogP contribution >= 0.6 is 39.1 Å². The number of carbonyl (C=O) groups is 2. The summed E-state index contributed by atoms with van der Waals surface area (Å²) < 4.78 is 0.603. The molecule has 0 radical (unpaired) electrons. The van der Waals surface area contributed by atoms with E-state index >= 15 is 0 Å². The molecule has 0 spiro atoms. The molecule has 0 saturated carbocycles. The zero-order valence-corrected chi connectivity index (χ0v) is 13.2. The van der Waals surface area contributed by atoms with Gasteiger partial charge in [-0.1, -0.05) is 23.2 Å². The van der Waals surface area contributed by atoms with Crippen molar-refractivity contribution >= 4 is 56.7 Å². The molecular weight excluding hydrogens is 357 g/mol. The van der Waals surface area contributed by atoms with Gasteiger partial charge in [0.15, 0.2) is 0 Å². The number of carboxylic acids is 1. The van der Waals surface area contributed by atoms with Crippen LogP contribution < -0.4 is 5.32 Å². The first kappa shape index (κ1) is 16.0. The molecule has 7 heteroatoms. The number of anilines is 1. The van der Waals surface area contributed by atoms with Gasteiger partial charge in [0.05, 0.1) is 15.7 Å². The van der Waals surface area contributed by atoms with Crippen molar-refractivity contribution in [1.82, 2.24) is 0 Å². The number of aliphatic carboxylic acids is 1. The Morgan fingerprint density at radius 2 is 1.74 bits per heavy atom. The van der Waals surface area contributed by atoms with Crippen LogP contribution in [0.4, 0.5) is 5.69 Å². The van der Waals surface area contributed by atoms with Crippen LogP contribution in [0.25, 0.3) is 0 Å². The molecule has 1 aromatic rings. The van der Waals surface area contributed by atoms with Gasteiger partial charge in [0.2, 0.25) is 0 Å². The van der Waals surface area contributed by atoms with Crippen molar-refractivity contribution in [2.75, 3.05) is 5.32 Å². The topological polar surface area (TPSA) is 66.4 Å². The summed E-state index contributed by atoms with van der Waals surface area (Å²) in [4.78, 5) is 22.6. The summed E-state index contributed by atoms with van der Waals surface area (Å²) in [6, 6.07) is 3.20. The zero-order valence-electron chi connectivity index (χ0n) is 10.1. The number of rotatable bonds is 3. The molecule has 0 aliphatic rings. The Labute approximate surface area is 128 Å². The maximum atomic E-state index is 11.9. The van der Waals surface area contributed by atoms with Crippen LogP contribution in [0.15, 0.2) is 27.8 Å². The van der Waals surface area contributed by atoms with E-state index in [1.807, 2.05) is 0 Å². The van der Waals surface area contributed by atoms with Gasteiger partial charge < -0.3 is 10.4 Å². The number of benzene rings is 1. The Morgan fingerprint density at radius 1 is 1.16 bits per heavy atom. The molecule has 0 heterocycles. The third kappa shape index (κ3) is 3.72. The minimum absolute atomic E-state index is 0.0307. The fourth-order valence-electron chi connectivity index (χ4n) is 1.17. The van der Waals surface area contributed by atoms with Crippen LogP contribution in [-0.2, 0) is 9.59 Å². The molecule has 1 rings (SSSR count). The molecule has 0 aliphatic heterocycles. The van der Waals surface area contributed by atoms with E-state index in [9.17, 15) is 9.59 Å². The molecule has 0 aromatic heterocycles. The molecule has 1 amide bonds. The van der Waals surface area contributed by atoms with Crippen LogP contribution in [0.3, 0.4) is 0 Å². The van der Waals surface area contributed by atoms with Crippen LogP contribution in [0.2, 0.25) is 10.0 Å². The van der Waals surface area contributed by atoms with Crippen molar-refractivity contribution in [3.8, 4) is 0 Å². The second kappa shape index (κ2) is 6.41. The highest BCUT2D eigenvalue weighted by Gasteiger charge is 2.15. The van der Waals surface area contributed by atoms with Gasteiger partial charge in [-0.25, -0.2) is 4.79 Å². The van der Waals surface area contributed by atoms with Gasteiger partial charge in [-0.05, 0) is 41.9 Å². The minimum Gasteiger partial charge on any atom is -0.478 e. The summed E-state index contributed by atoms with van der Waals surface area (Å²) in [5.41, 5.74) is 0.386. The Kier molecular flexibility index (Phi) is 5.40. The highest BCUT2D eigenvalue weighted by atomic mass is 79.9. The number of amides is 1. The van der Waals surface area contributed by atoms with Crippen molar-refractivity contribution in [3.63, 3.8) is 0 Å². The molecule has 0 bridgehead atoms. The third-order valence-corrected chi connectivity index (χ3v) is 4.28. The van der Waals surface area contributed by atoms with E-state index in [0.29, 0.717) is 10.2 Å². The first-order valence-electron chi connectivity index (χ1n) is 5.11. The molecule has 0 atom stereocenters. The molecular formula is C12H10BrCl2NO3. The van der Waals surface area contributed by atoms with E-state index in [-0.39, 0.29) is 21.2 Å². The number of hydrogen-bond acceptors (Lipinski definition) is 2. The quantitative estimate of drug-likeness (QED) is 0.624. The molecule has 0 aliphatic carbocycles. The first-order valence-corrected chi connectivity index (χ1v) is 6.66. The normalized spacial score (nSPS) is 11.8. The zero-order chi connectivity index (χ0) is 14.7. The van der Waals surface area contributed by atoms with E-state index in [0.717, 1.165) is 0 Å². The number of hydrogen-bond donors (Lipinski definition) is 2. The lowest BCUT2D eigenvalue weighted by Crippen LogP contribution is -2.16. The number of carbonyl (C=O) groups excluding carboxylic acids is 1. The molecule has 0 unspecified atom stereocenters. The third-order valence-electron chi connectivity index (χ3n) is 2.51. The van der Waals surface area contributed by atoms with Gasteiger partial charge in [0, 0.05) is 15.6 Å². The van der Waals surface area contributed by atoms with Gasteiger partial charge in [-0.15, -0.1) is 0 Å². The van der Waals surface area contributed by atoms with E-state index in [4.69, 9.17) is 28.3 Å². The van der Waals surface area contributed by atoms with Gasteiger partial charge in [0.25, 0.3) is 5.91 Å². The molecule has 4 nitrogen and oxygen atoms in total. The van der Waals surface area contributed by atoms with E-state index in [1.54, 1.807) is 12.1 Å². The Bertz CT molecular complexity index is 585. The van der Waals surface area contributed by atoms with Gasteiger partial charge in [-0.3, -0.25) is 4.79 Å². The molecule has 0 saturated heterocycles. The summed E-state index contributed by atoms with van der Waals surface area (Å²) >= 11 is 15.1. The van der Waals surface area contributed by atoms with Crippen LogP contribution in [-0.4, -0.2) is 17.0 Å². The summed E-state index contributed by atoms with van der Waals surface area (Å²) in [5.74, 6) is -1.69. The summed E-state index contributed by atoms with van der Waals surface area (Å²) in [5, 5.41) is 11.8.